The molecule has 2 aromatic rings. The standard InChI is InChI=1S/C18H21NO4S/c1-13(2)24(21,22)17-10-5-4-9-16(17)18(20)19-12-14-7-6-8-15(11-14)23-3/h4-11,13H,12H2,1-3H3,(H,19,20). The average molecular weight is 347 g/mol. The molecule has 1 N–H and O–H groups in total. The molecule has 0 radical (unpaired) electrons. The van der Waals surface area contributed by atoms with E-state index in [1.807, 2.05) is 24.3 Å². The Hall–Kier alpha value is -2.34. The minimum Gasteiger partial charge on any atom is -0.497 e. The van der Waals surface area contributed by atoms with Gasteiger partial charge in [-0.15, -0.1) is 0 Å². The largest absolute Gasteiger partial charge is 0.497 e. The molecule has 0 aliphatic heterocycles. The molecule has 0 aliphatic carbocycles. The van der Waals surface area contributed by atoms with Crippen LogP contribution in [0.5, 0.6) is 5.75 Å². The van der Waals surface area contributed by atoms with Crippen LogP contribution in [0.2, 0.25) is 0 Å². The molecule has 0 aromatic heterocycles. The van der Waals surface area contributed by atoms with E-state index in [1.165, 1.54) is 12.1 Å². The summed E-state index contributed by atoms with van der Waals surface area (Å²) in [5.74, 6) is 0.280. The van der Waals surface area contributed by atoms with Gasteiger partial charge in [0.1, 0.15) is 5.75 Å². The van der Waals surface area contributed by atoms with Gasteiger partial charge in [0.2, 0.25) is 0 Å². The zero-order valence-electron chi connectivity index (χ0n) is 13.9. The number of carbonyl (C=O) groups is 1. The van der Waals surface area contributed by atoms with Gasteiger partial charge in [-0.25, -0.2) is 8.42 Å². The van der Waals surface area contributed by atoms with Crippen LogP contribution in [-0.2, 0) is 16.4 Å². The van der Waals surface area contributed by atoms with Gasteiger partial charge in [0.15, 0.2) is 9.84 Å². The monoisotopic (exact) mass is 347 g/mol. The molecule has 2 rings (SSSR count). The fourth-order valence-corrected chi connectivity index (χ4v) is 3.46. The van der Waals surface area contributed by atoms with Crippen molar-refractivity contribution in [3.05, 3.63) is 59.7 Å². The molecular formula is C18H21NO4S. The van der Waals surface area contributed by atoms with E-state index in [4.69, 9.17) is 4.74 Å². The SMILES string of the molecule is COc1cccc(CNC(=O)c2ccccc2S(=O)(=O)C(C)C)c1. The van der Waals surface area contributed by atoms with Crippen LogP contribution in [-0.4, -0.2) is 26.7 Å². The molecule has 2 aromatic carbocycles. The van der Waals surface area contributed by atoms with Crippen LogP contribution in [0.1, 0.15) is 29.8 Å². The molecule has 1 amide bonds. The van der Waals surface area contributed by atoms with Crippen molar-refractivity contribution in [3.63, 3.8) is 0 Å². The van der Waals surface area contributed by atoms with Crippen LogP contribution < -0.4 is 10.1 Å². The molecule has 0 spiro atoms. The molecule has 24 heavy (non-hydrogen) atoms. The normalized spacial score (nSPS) is 11.3. The van der Waals surface area contributed by atoms with Crippen molar-refractivity contribution in [1.29, 1.82) is 0 Å². The van der Waals surface area contributed by atoms with Crippen LogP contribution in [0.3, 0.4) is 0 Å². The Balaban J connectivity index is 2.22. The lowest BCUT2D eigenvalue weighted by Crippen LogP contribution is -2.26. The van der Waals surface area contributed by atoms with Gasteiger partial charge >= 0.3 is 0 Å². The summed E-state index contributed by atoms with van der Waals surface area (Å²) in [6.07, 6.45) is 0. The van der Waals surface area contributed by atoms with E-state index < -0.39 is 21.0 Å². The van der Waals surface area contributed by atoms with Gasteiger partial charge in [-0.3, -0.25) is 4.79 Å². The number of benzene rings is 2. The van der Waals surface area contributed by atoms with Crippen molar-refractivity contribution >= 4 is 15.7 Å². The highest BCUT2D eigenvalue weighted by atomic mass is 32.2. The van der Waals surface area contributed by atoms with Gasteiger partial charge in [0.25, 0.3) is 5.91 Å². The van der Waals surface area contributed by atoms with E-state index in [0.29, 0.717) is 5.75 Å². The zero-order valence-corrected chi connectivity index (χ0v) is 14.8. The van der Waals surface area contributed by atoms with E-state index in [-0.39, 0.29) is 17.0 Å². The first-order valence-electron chi connectivity index (χ1n) is 7.60. The summed E-state index contributed by atoms with van der Waals surface area (Å²) in [6.45, 7) is 3.48. The number of rotatable bonds is 6. The van der Waals surface area contributed by atoms with Gasteiger partial charge in [-0.1, -0.05) is 24.3 Å². The molecule has 5 nitrogen and oxygen atoms in total. The summed E-state index contributed by atoms with van der Waals surface area (Å²) in [4.78, 5) is 12.5. The first-order valence-corrected chi connectivity index (χ1v) is 9.15. The maximum absolute atomic E-state index is 12.5. The van der Waals surface area contributed by atoms with E-state index in [0.717, 1.165) is 5.56 Å². The molecule has 0 atom stereocenters. The second kappa shape index (κ2) is 7.49. The van der Waals surface area contributed by atoms with Gasteiger partial charge < -0.3 is 10.1 Å². The first-order chi connectivity index (χ1) is 11.4. The second-order valence-electron chi connectivity index (χ2n) is 5.62. The van der Waals surface area contributed by atoms with Crippen molar-refractivity contribution in [2.45, 2.75) is 30.5 Å². The van der Waals surface area contributed by atoms with Crippen LogP contribution in [0.15, 0.2) is 53.4 Å². The van der Waals surface area contributed by atoms with Crippen molar-refractivity contribution in [3.8, 4) is 5.75 Å². The average Bonchev–Trinajstić information content (AvgIpc) is 2.59. The van der Waals surface area contributed by atoms with Gasteiger partial charge in [-0.2, -0.15) is 0 Å². The highest BCUT2D eigenvalue weighted by molar-refractivity contribution is 7.92. The summed E-state index contributed by atoms with van der Waals surface area (Å²) < 4.78 is 30.0. The highest BCUT2D eigenvalue weighted by Gasteiger charge is 2.25. The Morgan fingerprint density at radius 1 is 1.12 bits per heavy atom. The van der Waals surface area contributed by atoms with Gasteiger partial charge in [0.05, 0.1) is 22.8 Å². The van der Waals surface area contributed by atoms with E-state index in [2.05, 4.69) is 5.32 Å². The number of sulfone groups is 1. The Bertz CT molecular complexity index is 828. The van der Waals surface area contributed by atoms with Crippen molar-refractivity contribution in [2.75, 3.05) is 7.11 Å². The Morgan fingerprint density at radius 2 is 1.83 bits per heavy atom. The van der Waals surface area contributed by atoms with Crippen LogP contribution >= 0.6 is 0 Å². The third-order valence-corrected chi connectivity index (χ3v) is 5.86. The Kier molecular flexibility index (Phi) is 5.62. The number of ether oxygens (including phenoxy) is 1. The lowest BCUT2D eigenvalue weighted by Gasteiger charge is -2.13. The summed E-state index contributed by atoms with van der Waals surface area (Å²) >= 11 is 0. The molecule has 0 heterocycles. The maximum Gasteiger partial charge on any atom is 0.252 e. The molecule has 0 saturated carbocycles. The first kappa shape index (κ1) is 18.0. The number of amides is 1. The summed E-state index contributed by atoms with van der Waals surface area (Å²) in [6, 6.07) is 13.6. The summed E-state index contributed by atoms with van der Waals surface area (Å²) in [7, 11) is -1.95. The summed E-state index contributed by atoms with van der Waals surface area (Å²) in [5.41, 5.74) is 1.03. The minimum absolute atomic E-state index is 0.0585. The quantitative estimate of drug-likeness (QED) is 0.872. The van der Waals surface area contributed by atoms with E-state index in [9.17, 15) is 13.2 Å². The smallest absolute Gasteiger partial charge is 0.252 e. The predicted octanol–water partition coefficient (Wildman–Crippen LogP) is 2.81. The van der Waals surface area contributed by atoms with E-state index >= 15 is 0 Å². The van der Waals surface area contributed by atoms with Crippen LogP contribution in [0, 0.1) is 0 Å². The molecule has 0 bridgehead atoms. The van der Waals surface area contributed by atoms with Crippen LogP contribution in [0.4, 0.5) is 0 Å². The number of hydrogen-bond acceptors (Lipinski definition) is 4. The summed E-state index contributed by atoms with van der Waals surface area (Å²) in [5, 5.41) is 2.17. The molecule has 0 unspecified atom stereocenters. The van der Waals surface area contributed by atoms with E-state index in [1.54, 1.807) is 33.1 Å². The number of methoxy groups -OCH3 is 1. The predicted molar refractivity (Wildman–Crippen MR) is 92.9 cm³/mol. The lowest BCUT2D eigenvalue weighted by atomic mass is 10.2. The van der Waals surface area contributed by atoms with Crippen LogP contribution in [0.25, 0.3) is 0 Å². The molecule has 0 saturated heterocycles. The van der Waals surface area contributed by atoms with Gasteiger partial charge in [-0.05, 0) is 43.7 Å². The van der Waals surface area contributed by atoms with Crippen molar-refractivity contribution in [1.82, 2.24) is 5.32 Å². The molecule has 0 aliphatic rings. The number of nitrogens with one attached hydrogen (secondary N) is 1. The third-order valence-electron chi connectivity index (χ3n) is 3.65. The minimum atomic E-state index is -3.53. The molecule has 0 fully saturated rings. The Morgan fingerprint density at radius 3 is 2.50 bits per heavy atom. The molecule has 6 heteroatoms. The zero-order chi connectivity index (χ0) is 17.7. The van der Waals surface area contributed by atoms with Gasteiger partial charge in [0, 0.05) is 6.54 Å². The third kappa shape index (κ3) is 3.94. The molecular weight excluding hydrogens is 326 g/mol. The fraction of sp³-hybridized carbons (Fsp3) is 0.278. The lowest BCUT2D eigenvalue weighted by molar-refractivity contribution is 0.0947. The van der Waals surface area contributed by atoms with Crippen molar-refractivity contribution in [2.24, 2.45) is 0 Å². The Labute approximate surface area is 142 Å². The number of carbonyl (C=O) groups excluding carboxylic acids is 1. The number of hydrogen-bond donors (Lipinski definition) is 1. The second-order valence-corrected chi connectivity index (χ2v) is 8.10. The fourth-order valence-electron chi connectivity index (χ4n) is 2.22. The maximum atomic E-state index is 12.5. The van der Waals surface area contributed by atoms with Crippen molar-refractivity contribution < 1.29 is 17.9 Å². The molecule has 128 valence electrons. The highest BCUT2D eigenvalue weighted by Crippen LogP contribution is 2.20. The topological polar surface area (TPSA) is 72.5 Å².